The van der Waals surface area contributed by atoms with Gasteiger partial charge in [-0.1, -0.05) is 12.1 Å². The number of ketones is 1. The normalized spacial score (nSPS) is 15.3. The highest BCUT2D eigenvalue weighted by molar-refractivity contribution is 6.05. The van der Waals surface area contributed by atoms with Crippen LogP contribution in [0.3, 0.4) is 0 Å². The van der Waals surface area contributed by atoms with Crippen molar-refractivity contribution in [2.45, 2.75) is 31.9 Å². The molecule has 9 heteroatoms. The first-order valence-electron chi connectivity index (χ1n) is 12.3. The molecule has 9 nitrogen and oxygen atoms in total. The van der Waals surface area contributed by atoms with E-state index >= 15 is 0 Å². The predicted molar refractivity (Wildman–Crippen MR) is 137 cm³/mol. The van der Waals surface area contributed by atoms with Gasteiger partial charge in [0.1, 0.15) is 24.9 Å². The maximum atomic E-state index is 12.1. The third-order valence-corrected chi connectivity index (χ3v) is 6.06. The van der Waals surface area contributed by atoms with Crippen LogP contribution in [-0.2, 0) is 20.8 Å². The van der Waals surface area contributed by atoms with E-state index in [-0.39, 0.29) is 18.3 Å². The minimum Gasteiger partial charge on any atom is -0.491 e. The number of anilines is 1. The summed E-state index contributed by atoms with van der Waals surface area (Å²) in [7, 11) is 1.25. The van der Waals surface area contributed by atoms with Crippen molar-refractivity contribution < 1.29 is 23.8 Å². The molecule has 1 aliphatic rings. The first-order valence-corrected chi connectivity index (χ1v) is 12.3. The van der Waals surface area contributed by atoms with Gasteiger partial charge in [0.05, 0.1) is 38.7 Å². The zero-order chi connectivity index (χ0) is 26.5. The maximum Gasteiger partial charge on any atom is 0.313 e. The monoisotopic (exact) mass is 504 g/mol. The number of morpholine rings is 1. The second kappa shape index (κ2) is 14.6. The summed E-state index contributed by atoms with van der Waals surface area (Å²) in [6, 6.07) is 19.3. The number of Topliss-reactive ketones (excluding diaryl/α,β-unsaturated/α-hetero) is 1. The average molecular weight is 505 g/mol. The van der Waals surface area contributed by atoms with Crippen molar-refractivity contribution in [3.8, 4) is 17.9 Å². The lowest BCUT2D eigenvalue weighted by Crippen LogP contribution is -2.44. The van der Waals surface area contributed by atoms with Gasteiger partial charge in [-0.3, -0.25) is 14.5 Å². The molecule has 1 unspecified atom stereocenters. The number of ether oxygens (including phenoxy) is 3. The van der Waals surface area contributed by atoms with Gasteiger partial charge in [0.2, 0.25) is 0 Å². The molecule has 194 valence electrons. The minimum atomic E-state index is -0.562. The van der Waals surface area contributed by atoms with Gasteiger partial charge in [0.25, 0.3) is 0 Å². The molecule has 0 aliphatic carbocycles. The van der Waals surface area contributed by atoms with Gasteiger partial charge in [0, 0.05) is 44.0 Å². The van der Waals surface area contributed by atoms with Crippen LogP contribution in [0, 0.1) is 22.7 Å². The second-order valence-corrected chi connectivity index (χ2v) is 8.71. The largest absolute Gasteiger partial charge is 0.491 e. The lowest BCUT2D eigenvalue weighted by Gasteiger charge is -2.33. The van der Waals surface area contributed by atoms with Crippen LogP contribution in [0.15, 0.2) is 48.5 Å². The number of benzene rings is 2. The van der Waals surface area contributed by atoms with Gasteiger partial charge in [-0.15, -0.1) is 0 Å². The summed E-state index contributed by atoms with van der Waals surface area (Å²) in [6.07, 6.45) is 0.469. The summed E-state index contributed by atoms with van der Waals surface area (Å²) in [4.78, 5) is 27.7. The Morgan fingerprint density at radius 1 is 1.05 bits per heavy atom. The van der Waals surface area contributed by atoms with Crippen LogP contribution in [-0.4, -0.2) is 69.3 Å². The number of nitrogens with zero attached hydrogens (tertiary/aromatic N) is 4. The third kappa shape index (κ3) is 8.91. The maximum absolute atomic E-state index is 12.1. The lowest BCUT2D eigenvalue weighted by molar-refractivity contribution is -0.139. The summed E-state index contributed by atoms with van der Waals surface area (Å²) < 4.78 is 16.3. The van der Waals surface area contributed by atoms with Crippen LogP contribution in [0.25, 0.3) is 0 Å². The van der Waals surface area contributed by atoms with Gasteiger partial charge in [-0.05, 0) is 42.0 Å². The fraction of sp³-hybridized carbons (Fsp3) is 0.429. The van der Waals surface area contributed by atoms with Crippen molar-refractivity contribution in [2.24, 2.45) is 0 Å². The zero-order valence-electron chi connectivity index (χ0n) is 21.1. The van der Waals surface area contributed by atoms with E-state index < -0.39 is 5.97 Å². The molecule has 0 spiro atoms. The van der Waals surface area contributed by atoms with Crippen molar-refractivity contribution in [1.29, 1.82) is 10.5 Å². The van der Waals surface area contributed by atoms with Crippen LogP contribution in [0.2, 0.25) is 0 Å². The van der Waals surface area contributed by atoms with E-state index in [1.807, 2.05) is 12.1 Å². The number of carbonyl (C=O) groups excluding carboxylic acids is 2. The number of rotatable bonds is 13. The van der Waals surface area contributed by atoms with Crippen molar-refractivity contribution in [3.63, 3.8) is 0 Å². The zero-order valence-corrected chi connectivity index (χ0v) is 21.1. The molecule has 0 bridgehead atoms. The van der Waals surface area contributed by atoms with Crippen LogP contribution in [0.1, 0.15) is 35.2 Å². The van der Waals surface area contributed by atoms with Crippen molar-refractivity contribution in [1.82, 2.24) is 4.90 Å². The van der Waals surface area contributed by atoms with E-state index in [1.165, 1.54) is 12.7 Å². The van der Waals surface area contributed by atoms with Crippen molar-refractivity contribution in [3.05, 3.63) is 59.7 Å². The molecule has 1 atom stereocenters. The Bertz CT molecular complexity index is 1090. The minimum absolute atomic E-state index is 0.0823. The van der Waals surface area contributed by atoms with Crippen LogP contribution in [0.5, 0.6) is 5.75 Å². The molecule has 0 amide bonds. The van der Waals surface area contributed by atoms with Crippen molar-refractivity contribution >= 4 is 17.4 Å². The predicted octanol–water partition coefficient (Wildman–Crippen LogP) is 3.35. The Morgan fingerprint density at radius 2 is 1.73 bits per heavy atom. The Labute approximate surface area is 217 Å². The molecule has 3 rings (SSSR count). The van der Waals surface area contributed by atoms with Crippen LogP contribution >= 0.6 is 0 Å². The average Bonchev–Trinajstić information content (AvgIpc) is 2.93. The van der Waals surface area contributed by atoms with Gasteiger partial charge < -0.3 is 19.1 Å². The van der Waals surface area contributed by atoms with E-state index in [1.54, 1.807) is 24.3 Å². The number of hydrogen-bond acceptors (Lipinski definition) is 9. The Balaban J connectivity index is 1.48. The Morgan fingerprint density at radius 3 is 2.35 bits per heavy atom. The first-order chi connectivity index (χ1) is 18.0. The Kier molecular flexibility index (Phi) is 10.9. The summed E-state index contributed by atoms with van der Waals surface area (Å²) in [6.45, 7) is 4.55. The summed E-state index contributed by atoms with van der Waals surface area (Å²) in [5, 5.41) is 17.8. The summed E-state index contributed by atoms with van der Waals surface area (Å²) in [5.41, 5.74) is 2.63. The number of nitriles is 2. The molecule has 2 aromatic carbocycles. The molecule has 1 fully saturated rings. The molecule has 0 N–H and O–H groups in total. The number of carbonyl (C=O) groups is 2. The second-order valence-electron chi connectivity index (χ2n) is 8.71. The van der Waals surface area contributed by atoms with E-state index in [2.05, 4.69) is 38.8 Å². The van der Waals surface area contributed by atoms with E-state index in [4.69, 9.17) is 20.0 Å². The summed E-state index contributed by atoms with van der Waals surface area (Å²) in [5.74, 6) is -0.230. The smallest absolute Gasteiger partial charge is 0.313 e. The molecule has 0 saturated carbocycles. The number of esters is 1. The molecule has 0 aromatic heterocycles. The quantitative estimate of drug-likeness (QED) is 0.230. The van der Waals surface area contributed by atoms with Crippen LogP contribution < -0.4 is 9.64 Å². The standard InChI is InChI=1S/C28H32N4O5/c1-35-28(34)18-27(33)23-6-10-25(11-7-23)37-21-26-20-31(16-17-36-26)19-22-4-8-24(9-5-22)32(14-2-12-29)15-3-13-30/h4-11,26H,2-3,14-21H2,1H3. The fourth-order valence-electron chi connectivity index (χ4n) is 4.07. The van der Waals surface area contributed by atoms with Crippen molar-refractivity contribution in [2.75, 3.05) is 51.4 Å². The molecule has 0 radical (unpaired) electrons. The summed E-state index contributed by atoms with van der Waals surface area (Å²) >= 11 is 0. The molecular weight excluding hydrogens is 472 g/mol. The molecule has 2 aromatic rings. The topological polar surface area (TPSA) is 116 Å². The molecule has 1 aliphatic heterocycles. The van der Waals surface area contributed by atoms with Gasteiger partial charge in [-0.25, -0.2) is 0 Å². The molecule has 37 heavy (non-hydrogen) atoms. The lowest BCUT2D eigenvalue weighted by atomic mass is 10.1. The van der Waals surface area contributed by atoms with Gasteiger partial charge in [-0.2, -0.15) is 10.5 Å². The molecular formula is C28H32N4O5. The van der Waals surface area contributed by atoms with Crippen LogP contribution in [0.4, 0.5) is 5.69 Å². The van der Waals surface area contributed by atoms with E-state index in [0.717, 1.165) is 25.3 Å². The van der Waals surface area contributed by atoms with E-state index in [0.29, 0.717) is 50.5 Å². The molecule has 1 heterocycles. The highest BCUT2D eigenvalue weighted by Crippen LogP contribution is 2.19. The third-order valence-electron chi connectivity index (χ3n) is 6.06. The fourth-order valence-corrected chi connectivity index (χ4v) is 4.07. The number of methoxy groups -OCH3 is 1. The Hall–Kier alpha value is -3.92. The number of hydrogen-bond donors (Lipinski definition) is 0. The van der Waals surface area contributed by atoms with Gasteiger partial charge in [0.15, 0.2) is 5.78 Å². The molecule has 1 saturated heterocycles. The highest BCUT2D eigenvalue weighted by atomic mass is 16.5. The first kappa shape index (κ1) is 27.7. The van der Waals surface area contributed by atoms with Gasteiger partial charge >= 0.3 is 5.97 Å². The SMILES string of the molecule is COC(=O)CC(=O)c1ccc(OCC2CN(Cc3ccc(N(CCC#N)CCC#N)cc3)CCO2)cc1. The van der Waals surface area contributed by atoms with E-state index in [9.17, 15) is 9.59 Å². The highest BCUT2D eigenvalue weighted by Gasteiger charge is 2.21.